The predicted octanol–water partition coefficient (Wildman–Crippen LogP) is 4.77. The standard InChI is InChI=1S/C21H29N3O3.HI/c1-6-27-20-18(25-4)10-15(11-19(20)26-5)13-23-21(22)24-17-9-7-8-16(12-17)14(2)3;/h7-12,14H,6,13H2,1-5H3,(H3,22,23,24);1H. The van der Waals surface area contributed by atoms with Crippen LogP contribution < -0.4 is 25.3 Å². The van der Waals surface area contributed by atoms with Gasteiger partial charge in [0.05, 0.1) is 27.4 Å². The maximum atomic E-state index is 6.05. The predicted molar refractivity (Wildman–Crippen MR) is 126 cm³/mol. The second-order valence-corrected chi connectivity index (χ2v) is 6.37. The number of benzene rings is 2. The van der Waals surface area contributed by atoms with Gasteiger partial charge in [0.25, 0.3) is 0 Å². The van der Waals surface area contributed by atoms with Gasteiger partial charge in [0.15, 0.2) is 17.5 Å². The zero-order valence-corrected chi connectivity index (χ0v) is 19.4. The number of nitrogens with zero attached hydrogens (tertiary/aromatic N) is 1. The summed E-state index contributed by atoms with van der Waals surface area (Å²) in [5.74, 6) is 2.61. The van der Waals surface area contributed by atoms with Crippen molar-refractivity contribution in [2.75, 3.05) is 26.1 Å². The number of nitrogens with one attached hydrogen (secondary N) is 1. The Hall–Kier alpha value is -2.16. The topological polar surface area (TPSA) is 78.1 Å². The molecule has 0 unspecified atom stereocenters. The van der Waals surface area contributed by atoms with Crippen molar-refractivity contribution < 1.29 is 14.2 Å². The van der Waals surface area contributed by atoms with Crippen LogP contribution in [-0.4, -0.2) is 26.8 Å². The van der Waals surface area contributed by atoms with Gasteiger partial charge >= 0.3 is 0 Å². The van der Waals surface area contributed by atoms with Crippen LogP contribution in [0.25, 0.3) is 0 Å². The van der Waals surface area contributed by atoms with Crippen LogP contribution in [0.5, 0.6) is 17.2 Å². The highest BCUT2D eigenvalue weighted by atomic mass is 127. The molecule has 0 saturated carbocycles. The molecule has 0 fully saturated rings. The van der Waals surface area contributed by atoms with Gasteiger partial charge in [-0.25, -0.2) is 4.99 Å². The van der Waals surface area contributed by atoms with E-state index in [-0.39, 0.29) is 24.0 Å². The van der Waals surface area contributed by atoms with E-state index in [9.17, 15) is 0 Å². The maximum Gasteiger partial charge on any atom is 0.203 e. The van der Waals surface area contributed by atoms with Crippen LogP contribution >= 0.6 is 24.0 Å². The number of rotatable bonds is 8. The molecular formula is C21H30IN3O3. The molecule has 0 aliphatic heterocycles. The quantitative estimate of drug-likeness (QED) is 0.311. The minimum Gasteiger partial charge on any atom is -0.493 e. The molecule has 154 valence electrons. The molecule has 2 aromatic rings. The van der Waals surface area contributed by atoms with E-state index in [1.165, 1.54) is 5.56 Å². The van der Waals surface area contributed by atoms with Gasteiger partial charge in [-0.15, -0.1) is 24.0 Å². The molecular weight excluding hydrogens is 469 g/mol. The van der Waals surface area contributed by atoms with Gasteiger partial charge in [-0.05, 0) is 48.2 Å². The van der Waals surface area contributed by atoms with E-state index < -0.39 is 0 Å². The van der Waals surface area contributed by atoms with Gasteiger partial charge in [0.1, 0.15) is 0 Å². The van der Waals surface area contributed by atoms with Crippen molar-refractivity contribution in [1.82, 2.24) is 0 Å². The molecule has 0 spiro atoms. The van der Waals surface area contributed by atoms with Gasteiger partial charge < -0.3 is 25.3 Å². The molecule has 6 nitrogen and oxygen atoms in total. The van der Waals surface area contributed by atoms with Crippen LogP contribution in [0.15, 0.2) is 41.4 Å². The molecule has 28 heavy (non-hydrogen) atoms. The van der Waals surface area contributed by atoms with Gasteiger partial charge in [0.2, 0.25) is 5.75 Å². The Balaban J connectivity index is 0.00000392. The first-order chi connectivity index (χ1) is 13.0. The third-order valence-electron chi connectivity index (χ3n) is 4.07. The van der Waals surface area contributed by atoms with E-state index in [1.807, 2.05) is 31.2 Å². The number of ether oxygens (including phenoxy) is 3. The zero-order chi connectivity index (χ0) is 19.8. The Labute approximate surface area is 184 Å². The number of hydrogen-bond donors (Lipinski definition) is 2. The number of halogens is 1. The lowest BCUT2D eigenvalue weighted by Crippen LogP contribution is -2.22. The fourth-order valence-electron chi connectivity index (χ4n) is 2.65. The van der Waals surface area contributed by atoms with E-state index in [1.54, 1.807) is 14.2 Å². The minimum atomic E-state index is 0. The Morgan fingerprint density at radius 2 is 1.75 bits per heavy atom. The monoisotopic (exact) mass is 499 g/mol. The van der Waals surface area contributed by atoms with Crippen molar-refractivity contribution in [3.8, 4) is 17.2 Å². The number of anilines is 1. The fraction of sp³-hybridized carbons (Fsp3) is 0.381. The molecule has 0 bridgehead atoms. The lowest BCUT2D eigenvalue weighted by atomic mass is 10.0. The third kappa shape index (κ3) is 6.47. The summed E-state index contributed by atoms with van der Waals surface area (Å²) in [5.41, 5.74) is 9.13. The van der Waals surface area contributed by atoms with Gasteiger partial charge in [-0.2, -0.15) is 0 Å². The summed E-state index contributed by atoms with van der Waals surface area (Å²) in [6.07, 6.45) is 0. The average Bonchev–Trinajstić information content (AvgIpc) is 2.67. The van der Waals surface area contributed by atoms with Crippen LogP contribution in [-0.2, 0) is 6.54 Å². The lowest BCUT2D eigenvalue weighted by molar-refractivity contribution is 0.288. The normalized spacial score (nSPS) is 11.0. The molecule has 0 radical (unpaired) electrons. The van der Waals surface area contributed by atoms with Crippen molar-refractivity contribution >= 4 is 35.6 Å². The summed E-state index contributed by atoms with van der Waals surface area (Å²) < 4.78 is 16.5. The summed E-state index contributed by atoms with van der Waals surface area (Å²) in [5, 5.41) is 3.14. The summed E-state index contributed by atoms with van der Waals surface area (Å²) in [4.78, 5) is 4.42. The van der Waals surface area contributed by atoms with E-state index >= 15 is 0 Å². The van der Waals surface area contributed by atoms with Crippen LogP contribution in [0.3, 0.4) is 0 Å². The first-order valence-corrected chi connectivity index (χ1v) is 9.03. The van der Waals surface area contributed by atoms with E-state index in [0.717, 1.165) is 11.3 Å². The molecule has 0 saturated heterocycles. The largest absolute Gasteiger partial charge is 0.493 e. The molecule has 7 heteroatoms. The van der Waals surface area contributed by atoms with Crippen LogP contribution in [0.4, 0.5) is 5.69 Å². The number of guanidine groups is 1. The first kappa shape index (κ1) is 23.9. The van der Waals surface area contributed by atoms with Crippen molar-refractivity contribution in [3.05, 3.63) is 47.5 Å². The zero-order valence-electron chi connectivity index (χ0n) is 17.1. The van der Waals surface area contributed by atoms with Crippen molar-refractivity contribution in [3.63, 3.8) is 0 Å². The highest BCUT2D eigenvalue weighted by Crippen LogP contribution is 2.38. The molecule has 0 aromatic heterocycles. The number of nitrogens with two attached hydrogens (primary N) is 1. The second-order valence-electron chi connectivity index (χ2n) is 6.37. The molecule has 0 atom stereocenters. The summed E-state index contributed by atoms with van der Waals surface area (Å²) in [7, 11) is 3.20. The van der Waals surface area contributed by atoms with Gasteiger partial charge in [0, 0.05) is 5.69 Å². The van der Waals surface area contributed by atoms with E-state index in [0.29, 0.717) is 42.3 Å². The highest BCUT2D eigenvalue weighted by Gasteiger charge is 2.13. The molecule has 0 aliphatic carbocycles. The first-order valence-electron chi connectivity index (χ1n) is 9.03. The molecule has 3 N–H and O–H groups in total. The number of hydrogen-bond acceptors (Lipinski definition) is 4. The lowest BCUT2D eigenvalue weighted by Gasteiger charge is -2.15. The number of aliphatic imine (C=N–C) groups is 1. The Bertz CT molecular complexity index is 769. The van der Waals surface area contributed by atoms with Crippen LogP contribution in [0.2, 0.25) is 0 Å². The van der Waals surface area contributed by atoms with Crippen molar-refractivity contribution in [1.29, 1.82) is 0 Å². The van der Waals surface area contributed by atoms with Crippen LogP contribution in [0.1, 0.15) is 37.8 Å². The maximum absolute atomic E-state index is 6.05. The van der Waals surface area contributed by atoms with E-state index in [4.69, 9.17) is 19.9 Å². The third-order valence-corrected chi connectivity index (χ3v) is 4.07. The molecule has 2 rings (SSSR count). The van der Waals surface area contributed by atoms with E-state index in [2.05, 4.69) is 36.3 Å². The number of methoxy groups -OCH3 is 2. The molecule has 0 aliphatic rings. The van der Waals surface area contributed by atoms with Crippen LogP contribution in [0, 0.1) is 0 Å². The Morgan fingerprint density at radius 1 is 1.11 bits per heavy atom. The SMILES string of the molecule is CCOc1c(OC)cc(CN=C(N)Nc2cccc(C(C)C)c2)cc1OC.I. The average molecular weight is 499 g/mol. The van der Waals surface area contributed by atoms with Gasteiger partial charge in [-0.1, -0.05) is 26.0 Å². The fourth-order valence-corrected chi connectivity index (χ4v) is 2.65. The molecule has 0 amide bonds. The summed E-state index contributed by atoms with van der Waals surface area (Å²) in [6, 6.07) is 11.9. The minimum absolute atomic E-state index is 0. The Kier molecular flexibility index (Phi) is 9.92. The van der Waals surface area contributed by atoms with Gasteiger partial charge in [-0.3, -0.25) is 0 Å². The molecule has 0 heterocycles. The van der Waals surface area contributed by atoms with Crippen molar-refractivity contribution in [2.45, 2.75) is 33.2 Å². The summed E-state index contributed by atoms with van der Waals surface area (Å²) >= 11 is 0. The highest BCUT2D eigenvalue weighted by molar-refractivity contribution is 14.0. The Morgan fingerprint density at radius 3 is 2.29 bits per heavy atom. The smallest absolute Gasteiger partial charge is 0.203 e. The van der Waals surface area contributed by atoms with Crippen molar-refractivity contribution in [2.24, 2.45) is 10.7 Å². The summed E-state index contributed by atoms with van der Waals surface area (Å²) in [6.45, 7) is 7.14. The second kappa shape index (κ2) is 11.6. The molecule has 2 aromatic carbocycles.